The van der Waals surface area contributed by atoms with Crippen molar-refractivity contribution >= 4 is 40.0 Å². The summed E-state index contributed by atoms with van der Waals surface area (Å²) in [5, 5.41) is 12.2. The molecule has 2 heterocycles. The van der Waals surface area contributed by atoms with Gasteiger partial charge in [-0.25, -0.2) is 9.97 Å². The highest BCUT2D eigenvalue weighted by atomic mass is 35.5. The Morgan fingerprint density at radius 3 is 2.49 bits per heavy atom. The number of aliphatic hydroxyl groups is 1. The molecule has 9 heteroatoms. The van der Waals surface area contributed by atoms with Gasteiger partial charge in [0.05, 0.1) is 41.4 Å². The number of carbonyl (C=O) groups excluding carboxylic acids is 1. The Kier molecular flexibility index (Phi) is 7.97. The molecule has 196 valence electrons. The first-order valence-electron chi connectivity index (χ1n) is 12.1. The Labute approximate surface area is 227 Å². The number of amides is 1. The third-order valence-electron chi connectivity index (χ3n) is 6.93. The Balaban J connectivity index is 1.54. The second kappa shape index (κ2) is 10.9. The molecule has 1 saturated heterocycles. The van der Waals surface area contributed by atoms with E-state index in [1.54, 1.807) is 45.2 Å². The zero-order chi connectivity index (χ0) is 26.9. The first kappa shape index (κ1) is 27.2. The largest absolute Gasteiger partial charge is 0.495 e. The van der Waals surface area contributed by atoms with Gasteiger partial charge in [0, 0.05) is 36.2 Å². The lowest BCUT2D eigenvalue weighted by molar-refractivity contribution is -0.131. The van der Waals surface area contributed by atoms with Crippen LogP contribution < -0.4 is 9.47 Å². The van der Waals surface area contributed by atoms with E-state index < -0.39 is 5.60 Å². The molecule has 0 unspecified atom stereocenters. The normalized spacial score (nSPS) is 17.8. The van der Waals surface area contributed by atoms with Crippen molar-refractivity contribution in [2.75, 3.05) is 20.8 Å². The van der Waals surface area contributed by atoms with E-state index in [1.165, 1.54) is 6.08 Å². The van der Waals surface area contributed by atoms with E-state index in [9.17, 15) is 9.90 Å². The van der Waals surface area contributed by atoms with Gasteiger partial charge in [-0.2, -0.15) is 0 Å². The van der Waals surface area contributed by atoms with E-state index in [-0.39, 0.29) is 17.9 Å². The monoisotopic (exact) mass is 543 g/mol. The predicted octanol–water partition coefficient (Wildman–Crippen LogP) is 5.73. The second-order valence-electron chi connectivity index (χ2n) is 9.85. The van der Waals surface area contributed by atoms with E-state index in [0.717, 1.165) is 35.1 Å². The molecule has 0 aliphatic carbocycles. The van der Waals surface area contributed by atoms with Gasteiger partial charge in [0.1, 0.15) is 17.3 Å². The van der Waals surface area contributed by atoms with E-state index in [0.29, 0.717) is 40.1 Å². The fraction of sp³-hybridized carbons (Fsp3) is 0.393. The lowest BCUT2D eigenvalue weighted by Gasteiger charge is -2.33. The maximum atomic E-state index is 12.3. The molecule has 1 aliphatic rings. The second-order valence-corrected chi connectivity index (χ2v) is 10.6. The van der Waals surface area contributed by atoms with Crippen LogP contribution in [0.1, 0.15) is 32.5 Å². The van der Waals surface area contributed by atoms with Crippen molar-refractivity contribution in [2.24, 2.45) is 5.92 Å². The van der Waals surface area contributed by atoms with Crippen LogP contribution in [0.4, 0.5) is 0 Å². The molecule has 0 saturated carbocycles. The number of fused-ring (bicyclic) bond motifs is 1. The molecule has 0 bridgehead atoms. The Morgan fingerprint density at radius 2 is 1.89 bits per heavy atom. The maximum absolute atomic E-state index is 12.3. The van der Waals surface area contributed by atoms with Gasteiger partial charge in [-0.1, -0.05) is 35.8 Å². The van der Waals surface area contributed by atoms with Crippen LogP contribution >= 0.6 is 23.2 Å². The van der Waals surface area contributed by atoms with Crippen molar-refractivity contribution in [3.63, 3.8) is 0 Å². The van der Waals surface area contributed by atoms with Gasteiger partial charge < -0.3 is 19.5 Å². The molecule has 1 N–H and O–H groups in total. The molecule has 2 atom stereocenters. The number of methoxy groups -OCH3 is 2. The molecule has 0 spiro atoms. The van der Waals surface area contributed by atoms with Gasteiger partial charge in [0.15, 0.2) is 0 Å². The van der Waals surface area contributed by atoms with Crippen molar-refractivity contribution < 1.29 is 19.4 Å². The van der Waals surface area contributed by atoms with E-state index in [4.69, 9.17) is 37.7 Å². The number of aromatic nitrogens is 2. The number of nitrogens with zero attached hydrogens (tertiary/aromatic N) is 3. The van der Waals surface area contributed by atoms with Crippen LogP contribution in [-0.2, 0) is 11.2 Å². The number of carbonyl (C=O) groups is 1. The molecule has 3 aromatic rings. The summed E-state index contributed by atoms with van der Waals surface area (Å²) in [4.78, 5) is 23.4. The molecule has 1 fully saturated rings. The van der Waals surface area contributed by atoms with Crippen LogP contribution in [-0.4, -0.2) is 58.3 Å². The van der Waals surface area contributed by atoms with Gasteiger partial charge in [0.25, 0.3) is 0 Å². The van der Waals surface area contributed by atoms with Crippen LogP contribution in [0.5, 0.6) is 11.5 Å². The van der Waals surface area contributed by atoms with Crippen LogP contribution in [0.2, 0.25) is 10.0 Å². The fourth-order valence-electron chi connectivity index (χ4n) is 4.98. The van der Waals surface area contributed by atoms with Crippen molar-refractivity contribution in [3.8, 4) is 22.6 Å². The first-order chi connectivity index (χ1) is 17.6. The molecule has 1 amide bonds. The summed E-state index contributed by atoms with van der Waals surface area (Å²) < 4.78 is 10.8. The average molecular weight is 544 g/mol. The standard InChI is InChI=1S/C28H31Cl2N3O4/c1-6-24(34)33-15-16(11-22(33)28(2,3)35)7-10-23-31-14-18-12-17(8-9-19(18)32-23)25-26(29)20(36-4)13-21(37-5)27(25)30/h6,8-9,12-14,16,22,35H,1,7,10-11,15H2,2-5H3/t16-,22-/m1/s1. The van der Waals surface area contributed by atoms with Crippen LogP contribution in [0.3, 0.4) is 0 Å². The van der Waals surface area contributed by atoms with Crippen molar-refractivity contribution in [3.05, 3.63) is 59.0 Å². The quantitative estimate of drug-likeness (QED) is 0.365. The number of hydrogen-bond acceptors (Lipinski definition) is 6. The summed E-state index contributed by atoms with van der Waals surface area (Å²) in [5.41, 5.74) is 1.24. The summed E-state index contributed by atoms with van der Waals surface area (Å²) in [6, 6.07) is 7.18. The first-order valence-corrected chi connectivity index (χ1v) is 12.8. The minimum atomic E-state index is -0.983. The van der Waals surface area contributed by atoms with E-state index >= 15 is 0 Å². The summed E-state index contributed by atoms with van der Waals surface area (Å²) in [6.07, 6.45) is 5.31. The average Bonchev–Trinajstić information content (AvgIpc) is 3.32. The number of ether oxygens (including phenoxy) is 2. The minimum absolute atomic E-state index is 0.152. The maximum Gasteiger partial charge on any atom is 0.246 e. The summed E-state index contributed by atoms with van der Waals surface area (Å²) >= 11 is 13.2. The lowest BCUT2D eigenvalue weighted by Crippen LogP contribution is -2.47. The van der Waals surface area contributed by atoms with Crippen LogP contribution in [0.25, 0.3) is 22.0 Å². The van der Waals surface area contributed by atoms with Gasteiger partial charge in [-0.05, 0) is 56.4 Å². The molecule has 7 nitrogen and oxygen atoms in total. The van der Waals surface area contributed by atoms with Crippen LogP contribution in [0.15, 0.2) is 43.1 Å². The molecule has 0 radical (unpaired) electrons. The zero-order valence-corrected chi connectivity index (χ0v) is 22.9. The highest BCUT2D eigenvalue weighted by Crippen LogP contribution is 2.46. The third-order valence-corrected chi connectivity index (χ3v) is 7.68. The molecule has 37 heavy (non-hydrogen) atoms. The summed E-state index contributed by atoms with van der Waals surface area (Å²) in [5.74, 6) is 1.76. The van der Waals surface area contributed by atoms with E-state index in [1.807, 2.05) is 18.2 Å². The predicted molar refractivity (Wildman–Crippen MR) is 147 cm³/mol. The SMILES string of the molecule is C=CC(=O)N1C[C@H](CCc2ncc3cc(-c4c(Cl)c(OC)cc(OC)c4Cl)ccc3n2)C[C@@H]1C(C)(C)O. The molecular formula is C28H31Cl2N3O4. The zero-order valence-electron chi connectivity index (χ0n) is 21.4. The molecule has 2 aromatic carbocycles. The number of aryl methyl sites for hydroxylation is 1. The van der Waals surface area contributed by atoms with Gasteiger partial charge in [0.2, 0.25) is 5.91 Å². The number of rotatable bonds is 8. The summed E-state index contributed by atoms with van der Waals surface area (Å²) in [6.45, 7) is 7.67. The number of halogens is 2. The number of likely N-dealkylation sites (tertiary alicyclic amines) is 1. The van der Waals surface area contributed by atoms with Gasteiger partial charge in [-0.15, -0.1) is 0 Å². The smallest absolute Gasteiger partial charge is 0.246 e. The van der Waals surface area contributed by atoms with Crippen LogP contribution in [0, 0.1) is 5.92 Å². The van der Waals surface area contributed by atoms with Gasteiger partial charge in [-0.3, -0.25) is 4.79 Å². The van der Waals surface area contributed by atoms with Crippen molar-refractivity contribution in [2.45, 2.75) is 44.8 Å². The molecule has 4 rings (SSSR count). The Bertz CT molecular complexity index is 1310. The minimum Gasteiger partial charge on any atom is -0.495 e. The summed E-state index contributed by atoms with van der Waals surface area (Å²) in [7, 11) is 3.08. The number of hydrogen-bond donors (Lipinski definition) is 1. The Morgan fingerprint density at radius 1 is 1.22 bits per heavy atom. The topological polar surface area (TPSA) is 84.8 Å². The highest BCUT2D eigenvalue weighted by Gasteiger charge is 2.42. The van der Waals surface area contributed by atoms with E-state index in [2.05, 4.69) is 11.6 Å². The molecule has 1 aromatic heterocycles. The van der Waals surface area contributed by atoms with Crippen molar-refractivity contribution in [1.29, 1.82) is 0 Å². The van der Waals surface area contributed by atoms with Gasteiger partial charge >= 0.3 is 0 Å². The third kappa shape index (κ3) is 5.54. The Hall–Kier alpha value is -2.87. The highest BCUT2D eigenvalue weighted by molar-refractivity contribution is 6.41. The fourth-order valence-corrected chi connectivity index (χ4v) is 5.70. The lowest BCUT2D eigenvalue weighted by atomic mass is 9.91. The number of benzene rings is 2. The molecule has 1 aliphatic heterocycles. The van der Waals surface area contributed by atoms with Crippen molar-refractivity contribution in [1.82, 2.24) is 14.9 Å². The molecular weight excluding hydrogens is 513 g/mol.